The van der Waals surface area contributed by atoms with Gasteiger partial charge in [0.25, 0.3) is 0 Å². The van der Waals surface area contributed by atoms with Gasteiger partial charge < -0.3 is 15.2 Å². The maximum atomic E-state index is 12.5. The summed E-state index contributed by atoms with van der Waals surface area (Å²) in [5.74, 6) is 0.803. The molecule has 1 aromatic heterocycles. The summed E-state index contributed by atoms with van der Waals surface area (Å²) in [6.07, 6.45) is 0.945. The summed E-state index contributed by atoms with van der Waals surface area (Å²) in [6, 6.07) is 15.6. The minimum atomic E-state index is -0.152. The maximum absolute atomic E-state index is 12.5. The van der Waals surface area contributed by atoms with E-state index in [4.69, 9.17) is 0 Å². The fourth-order valence-corrected chi connectivity index (χ4v) is 4.07. The number of aryl methyl sites for hydroxylation is 1. The van der Waals surface area contributed by atoms with Crippen molar-refractivity contribution in [3.8, 4) is 0 Å². The van der Waals surface area contributed by atoms with Gasteiger partial charge in [-0.25, -0.2) is 0 Å². The zero-order chi connectivity index (χ0) is 23.1. The lowest BCUT2D eigenvalue weighted by Crippen LogP contribution is -2.18. The predicted molar refractivity (Wildman–Crippen MR) is 129 cm³/mol. The number of hydrogen-bond donors (Lipinski definition) is 2. The number of carbonyl (C=O) groups excluding carboxylic acids is 2. The van der Waals surface area contributed by atoms with Crippen molar-refractivity contribution in [2.45, 2.75) is 44.7 Å². The first-order chi connectivity index (χ1) is 15.4. The molecule has 3 aromatic rings. The highest BCUT2D eigenvalue weighted by Gasteiger charge is 2.16. The van der Waals surface area contributed by atoms with Crippen LogP contribution in [0, 0.1) is 0 Å². The topological polar surface area (TPSA) is 88.9 Å². The van der Waals surface area contributed by atoms with Crippen LogP contribution in [-0.2, 0) is 29.5 Å². The Morgan fingerprint density at radius 1 is 0.969 bits per heavy atom. The first kappa shape index (κ1) is 23.5. The van der Waals surface area contributed by atoms with Gasteiger partial charge in [0, 0.05) is 18.4 Å². The summed E-state index contributed by atoms with van der Waals surface area (Å²) in [6.45, 7) is 6.24. The molecule has 0 aliphatic heterocycles. The Bertz CT molecular complexity index is 1090. The monoisotopic (exact) mass is 451 g/mol. The molecule has 0 saturated carbocycles. The van der Waals surface area contributed by atoms with Crippen molar-refractivity contribution in [3.05, 3.63) is 65.5 Å². The molecule has 0 aliphatic carbocycles. The zero-order valence-electron chi connectivity index (χ0n) is 18.9. The first-order valence-electron chi connectivity index (χ1n) is 10.7. The number of thioether (sulfide) groups is 1. The van der Waals surface area contributed by atoms with Crippen molar-refractivity contribution in [1.29, 1.82) is 0 Å². The lowest BCUT2D eigenvalue weighted by molar-refractivity contribution is -0.116. The van der Waals surface area contributed by atoms with Gasteiger partial charge in [-0.05, 0) is 35.6 Å². The zero-order valence-corrected chi connectivity index (χ0v) is 19.7. The quantitative estimate of drug-likeness (QED) is 0.470. The van der Waals surface area contributed by atoms with Crippen molar-refractivity contribution in [2.75, 3.05) is 16.4 Å². The van der Waals surface area contributed by atoms with E-state index in [0.29, 0.717) is 16.9 Å². The summed E-state index contributed by atoms with van der Waals surface area (Å²) in [4.78, 5) is 25.0. The van der Waals surface area contributed by atoms with Crippen LogP contribution in [0.25, 0.3) is 0 Å². The first-order valence-corrected chi connectivity index (χ1v) is 11.6. The number of aromatic nitrogens is 3. The van der Waals surface area contributed by atoms with Gasteiger partial charge in [0.1, 0.15) is 5.82 Å². The Balaban J connectivity index is 1.57. The molecule has 0 saturated heterocycles. The van der Waals surface area contributed by atoms with Gasteiger partial charge in [-0.15, -0.1) is 10.2 Å². The Labute approximate surface area is 193 Å². The molecule has 0 atom stereocenters. The summed E-state index contributed by atoms with van der Waals surface area (Å²) in [7, 11) is 1.80. The molecule has 0 unspecified atom stereocenters. The number of nitrogens with zero attached hydrogens (tertiary/aromatic N) is 3. The second-order valence-corrected chi connectivity index (χ2v) is 8.71. The number of rotatable bonds is 9. The van der Waals surface area contributed by atoms with Crippen LogP contribution < -0.4 is 10.6 Å². The Hall–Kier alpha value is -3.13. The Kier molecular flexibility index (Phi) is 8.05. The average Bonchev–Trinajstić information content (AvgIpc) is 3.12. The largest absolute Gasteiger partial charge is 0.325 e. The van der Waals surface area contributed by atoms with Crippen LogP contribution in [0.3, 0.4) is 0 Å². The van der Waals surface area contributed by atoms with E-state index in [2.05, 4.69) is 41.6 Å². The van der Waals surface area contributed by atoms with Gasteiger partial charge in [0.05, 0.1) is 12.2 Å². The third-order valence-corrected chi connectivity index (χ3v) is 6.13. The summed E-state index contributed by atoms with van der Waals surface area (Å²) >= 11 is 1.29. The highest BCUT2D eigenvalue weighted by atomic mass is 32.2. The molecule has 0 bridgehead atoms. The van der Waals surface area contributed by atoms with Crippen LogP contribution in [0.4, 0.5) is 11.4 Å². The molecular formula is C24H29N5O2S. The molecule has 2 amide bonds. The smallest absolute Gasteiger partial charge is 0.234 e. The molecule has 0 spiro atoms. The van der Waals surface area contributed by atoms with Gasteiger partial charge in [-0.2, -0.15) is 0 Å². The van der Waals surface area contributed by atoms with E-state index >= 15 is 0 Å². The standard InChI is InChI=1S/C24H29N5O2S/c1-5-17-10-6-8-12-19(17)25-22(30)14-21-27-28-24(29(21)4)32-15-23(31)26-20-13-9-7-11-18(20)16(2)3/h6-13,16H,5,14-15H2,1-4H3,(H,25,30)(H,26,31). The van der Waals surface area contributed by atoms with Crippen LogP contribution in [0.15, 0.2) is 53.7 Å². The average molecular weight is 452 g/mol. The Morgan fingerprint density at radius 3 is 2.34 bits per heavy atom. The van der Waals surface area contributed by atoms with Crippen LogP contribution in [0.1, 0.15) is 43.6 Å². The minimum absolute atomic E-state index is 0.107. The molecule has 2 aromatic carbocycles. The number of nitrogens with one attached hydrogen (secondary N) is 2. The van der Waals surface area contributed by atoms with Gasteiger partial charge in [-0.1, -0.05) is 68.9 Å². The number of benzene rings is 2. The minimum Gasteiger partial charge on any atom is -0.325 e. The van der Waals surface area contributed by atoms with Crippen LogP contribution >= 0.6 is 11.8 Å². The highest BCUT2D eigenvalue weighted by molar-refractivity contribution is 7.99. The molecule has 8 heteroatoms. The molecular weight excluding hydrogens is 422 g/mol. The second kappa shape index (κ2) is 10.9. The molecule has 0 aliphatic rings. The molecule has 32 heavy (non-hydrogen) atoms. The lowest BCUT2D eigenvalue weighted by atomic mass is 10.0. The van der Waals surface area contributed by atoms with Crippen molar-refractivity contribution in [2.24, 2.45) is 7.05 Å². The predicted octanol–water partition coefficient (Wildman–Crippen LogP) is 4.41. The van der Waals surface area contributed by atoms with Gasteiger partial charge in [0.2, 0.25) is 11.8 Å². The molecule has 0 radical (unpaired) electrons. The third-order valence-electron chi connectivity index (χ3n) is 5.11. The number of anilines is 2. The lowest BCUT2D eigenvalue weighted by Gasteiger charge is -2.13. The second-order valence-electron chi connectivity index (χ2n) is 7.77. The normalized spacial score (nSPS) is 10.9. The molecule has 7 nitrogen and oxygen atoms in total. The maximum Gasteiger partial charge on any atom is 0.234 e. The van der Waals surface area contributed by atoms with Crippen molar-refractivity contribution in [3.63, 3.8) is 0 Å². The van der Waals surface area contributed by atoms with Crippen molar-refractivity contribution < 1.29 is 9.59 Å². The number of carbonyl (C=O) groups is 2. The molecule has 1 heterocycles. The van der Waals surface area contributed by atoms with Crippen LogP contribution in [-0.4, -0.2) is 32.3 Å². The molecule has 168 valence electrons. The van der Waals surface area contributed by atoms with Gasteiger partial charge in [-0.3, -0.25) is 9.59 Å². The van der Waals surface area contributed by atoms with Crippen LogP contribution in [0.5, 0.6) is 0 Å². The van der Waals surface area contributed by atoms with E-state index < -0.39 is 0 Å². The van der Waals surface area contributed by atoms with E-state index in [-0.39, 0.29) is 24.0 Å². The highest BCUT2D eigenvalue weighted by Crippen LogP contribution is 2.24. The summed E-state index contributed by atoms with van der Waals surface area (Å²) in [5.41, 5.74) is 3.83. The van der Waals surface area contributed by atoms with Gasteiger partial charge >= 0.3 is 0 Å². The Morgan fingerprint density at radius 2 is 1.62 bits per heavy atom. The van der Waals surface area contributed by atoms with E-state index in [0.717, 1.165) is 28.9 Å². The molecule has 3 rings (SSSR count). The SMILES string of the molecule is CCc1ccccc1NC(=O)Cc1nnc(SCC(=O)Nc2ccccc2C(C)C)n1C. The third kappa shape index (κ3) is 5.97. The van der Waals surface area contributed by atoms with Crippen molar-refractivity contribution >= 4 is 35.0 Å². The van der Waals surface area contributed by atoms with E-state index in [1.807, 2.05) is 48.5 Å². The number of para-hydroxylation sites is 2. The molecule has 2 N–H and O–H groups in total. The number of hydrogen-bond acceptors (Lipinski definition) is 5. The fourth-order valence-electron chi connectivity index (χ4n) is 3.34. The van der Waals surface area contributed by atoms with Gasteiger partial charge in [0.15, 0.2) is 5.16 Å². The summed E-state index contributed by atoms with van der Waals surface area (Å²) in [5, 5.41) is 14.8. The molecule has 0 fully saturated rings. The van der Waals surface area contributed by atoms with E-state index in [1.54, 1.807) is 11.6 Å². The van der Waals surface area contributed by atoms with E-state index in [9.17, 15) is 9.59 Å². The van der Waals surface area contributed by atoms with E-state index in [1.165, 1.54) is 11.8 Å². The fraction of sp³-hybridized carbons (Fsp3) is 0.333. The number of amides is 2. The van der Waals surface area contributed by atoms with Crippen LogP contribution in [0.2, 0.25) is 0 Å². The summed E-state index contributed by atoms with van der Waals surface area (Å²) < 4.78 is 1.76. The van der Waals surface area contributed by atoms with Crippen molar-refractivity contribution in [1.82, 2.24) is 14.8 Å².